The molecule has 2 nitrogen and oxygen atoms in total. The van der Waals surface area contributed by atoms with Gasteiger partial charge in [-0.2, -0.15) is 0 Å². The van der Waals surface area contributed by atoms with Crippen LogP contribution in [0.1, 0.15) is 58.3 Å². The number of hydrogen-bond donors (Lipinski definition) is 1. The average Bonchev–Trinajstić information content (AvgIpc) is 2.43. The van der Waals surface area contributed by atoms with Gasteiger partial charge in [-0.15, -0.1) is 0 Å². The molecule has 18 heavy (non-hydrogen) atoms. The molecule has 2 rings (SSSR count). The number of fused-ring (bicyclic) bond motifs is 1. The number of halogens is 1. The van der Waals surface area contributed by atoms with Gasteiger partial charge >= 0.3 is 0 Å². The maximum Gasteiger partial charge on any atom is 0.223 e. The summed E-state index contributed by atoms with van der Waals surface area (Å²) in [5.74, 6) is 2.37. The predicted molar refractivity (Wildman–Crippen MR) is 78.8 cm³/mol. The first kappa shape index (κ1) is 14.4. The zero-order chi connectivity index (χ0) is 13.0. The third kappa shape index (κ3) is 3.72. The van der Waals surface area contributed by atoms with Gasteiger partial charge < -0.3 is 5.32 Å². The molecule has 0 radical (unpaired) electrons. The predicted octanol–water partition coefficient (Wildman–Crippen LogP) is 3.88. The molecular weight excluding hydrogens is 290 g/mol. The third-order valence-electron chi connectivity index (χ3n) is 4.85. The highest BCUT2D eigenvalue weighted by molar-refractivity contribution is 9.09. The number of hydrogen-bond acceptors (Lipinski definition) is 1. The Morgan fingerprint density at radius 2 is 1.94 bits per heavy atom. The van der Waals surface area contributed by atoms with E-state index >= 15 is 0 Å². The van der Waals surface area contributed by atoms with Crippen molar-refractivity contribution in [2.45, 2.75) is 63.1 Å². The highest BCUT2D eigenvalue weighted by atomic mass is 79.9. The van der Waals surface area contributed by atoms with Gasteiger partial charge in [0.1, 0.15) is 0 Å². The molecule has 0 bridgehead atoms. The van der Waals surface area contributed by atoms with E-state index in [1.54, 1.807) is 0 Å². The summed E-state index contributed by atoms with van der Waals surface area (Å²) in [6, 6.07) is 0. The number of rotatable bonds is 4. The molecule has 2 fully saturated rings. The quantitative estimate of drug-likeness (QED) is 0.784. The fraction of sp³-hybridized carbons (Fsp3) is 0.933. The van der Waals surface area contributed by atoms with Crippen molar-refractivity contribution in [3.8, 4) is 0 Å². The smallest absolute Gasteiger partial charge is 0.223 e. The van der Waals surface area contributed by atoms with Gasteiger partial charge in [-0.3, -0.25) is 4.79 Å². The van der Waals surface area contributed by atoms with Crippen LogP contribution in [0.3, 0.4) is 0 Å². The van der Waals surface area contributed by atoms with Crippen LogP contribution in [0, 0.1) is 17.8 Å². The molecule has 1 amide bonds. The number of amides is 1. The van der Waals surface area contributed by atoms with Crippen molar-refractivity contribution in [3.05, 3.63) is 0 Å². The maximum atomic E-state index is 12.2. The molecular formula is C15H26BrNO. The van der Waals surface area contributed by atoms with Crippen LogP contribution in [0.4, 0.5) is 0 Å². The summed E-state index contributed by atoms with van der Waals surface area (Å²) >= 11 is 3.57. The number of carbonyl (C=O) groups is 1. The van der Waals surface area contributed by atoms with Crippen molar-refractivity contribution in [3.63, 3.8) is 0 Å². The Morgan fingerprint density at radius 3 is 2.67 bits per heavy atom. The van der Waals surface area contributed by atoms with Crippen molar-refractivity contribution >= 4 is 21.8 Å². The second-order valence-electron chi connectivity index (χ2n) is 6.07. The van der Waals surface area contributed by atoms with E-state index < -0.39 is 0 Å². The molecule has 0 aromatic carbocycles. The number of carbonyl (C=O) groups excluding carboxylic acids is 1. The van der Waals surface area contributed by atoms with E-state index in [2.05, 4.69) is 28.2 Å². The van der Waals surface area contributed by atoms with E-state index in [1.165, 1.54) is 32.1 Å². The molecule has 1 N–H and O–H groups in total. The molecule has 2 saturated carbocycles. The molecule has 104 valence electrons. The monoisotopic (exact) mass is 315 g/mol. The molecule has 4 atom stereocenters. The molecule has 0 aliphatic heterocycles. The van der Waals surface area contributed by atoms with Crippen molar-refractivity contribution in [1.29, 1.82) is 0 Å². The lowest BCUT2D eigenvalue weighted by molar-refractivity contribution is -0.127. The second-order valence-corrected chi connectivity index (χ2v) is 7.36. The van der Waals surface area contributed by atoms with Gasteiger partial charge in [0.25, 0.3) is 0 Å². The van der Waals surface area contributed by atoms with Crippen molar-refractivity contribution in [1.82, 2.24) is 5.32 Å². The maximum absolute atomic E-state index is 12.2. The van der Waals surface area contributed by atoms with Crippen LogP contribution in [0.25, 0.3) is 0 Å². The molecule has 0 aromatic heterocycles. The van der Waals surface area contributed by atoms with Gasteiger partial charge in [-0.05, 0) is 37.5 Å². The molecule has 0 aromatic rings. The van der Waals surface area contributed by atoms with Crippen LogP contribution in [-0.2, 0) is 4.79 Å². The Kier molecular flexibility index (Phi) is 5.53. The Morgan fingerprint density at radius 1 is 1.22 bits per heavy atom. The normalized spacial score (nSPS) is 33.6. The Balaban J connectivity index is 1.77. The molecule has 4 unspecified atom stereocenters. The summed E-state index contributed by atoms with van der Waals surface area (Å²) in [7, 11) is 0. The first-order valence-electron chi connectivity index (χ1n) is 7.62. The summed E-state index contributed by atoms with van der Waals surface area (Å²) in [6.45, 7) is 2.92. The molecule has 0 heterocycles. The summed E-state index contributed by atoms with van der Waals surface area (Å²) < 4.78 is 0. The zero-order valence-electron chi connectivity index (χ0n) is 11.5. The van der Waals surface area contributed by atoms with E-state index in [9.17, 15) is 4.79 Å². The van der Waals surface area contributed by atoms with Gasteiger partial charge in [0.2, 0.25) is 5.91 Å². The summed E-state index contributed by atoms with van der Waals surface area (Å²) in [6.07, 6.45) is 10.2. The standard InChI is InChI=1S/C15H26BrNO/c1-2-14(16)10-17-15(18)13-8-7-11-5-3-4-6-12(11)9-13/h11-14H,2-10H2,1H3,(H,17,18). The van der Waals surface area contributed by atoms with Crippen LogP contribution < -0.4 is 5.32 Å². The van der Waals surface area contributed by atoms with Crippen LogP contribution in [0.5, 0.6) is 0 Å². The molecule has 2 aliphatic rings. The average molecular weight is 316 g/mol. The number of nitrogens with one attached hydrogen (secondary N) is 1. The van der Waals surface area contributed by atoms with E-state index in [-0.39, 0.29) is 0 Å². The SMILES string of the molecule is CCC(Br)CNC(=O)C1CCC2CCCCC2C1. The summed E-state index contributed by atoms with van der Waals surface area (Å²) in [5, 5.41) is 3.11. The van der Waals surface area contributed by atoms with E-state index in [4.69, 9.17) is 0 Å². The van der Waals surface area contributed by atoms with Crippen LogP contribution >= 0.6 is 15.9 Å². The lowest BCUT2D eigenvalue weighted by Gasteiger charge is -2.38. The van der Waals surface area contributed by atoms with E-state index in [0.29, 0.717) is 16.7 Å². The first-order chi connectivity index (χ1) is 8.70. The van der Waals surface area contributed by atoms with Gasteiger partial charge in [-0.1, -0.05) is 48.5 Å². The van der Waals surface area contributed by atoms with Crippen LogP contribution in [0.2, 0.25) is 0 Å². The largest absolute Gasteiger partial charge is 0.355 e. The zero-order valence-corrected chi connectivity index (χ0v) is 13.0. The van der Waals surface area contributed by atoms with Crippen molar-refractivity contribution < 1.29 is 4.79 Å². The first-order valence-corrected chi connectivity index (χ1v) is 8.54. The van der Waals surface area contributed by atoms with Crippen LogP contribution in [-0.4, -0.2) is 17.3 Å². The van der Waals surface area contributed by atoms with E-state index in [1.807, 2.05) is 0 Å². The fourth-order valence-electron chi connectivity index (χ4n) is 3.61. The van der Waals surface area contributed by atoms with Gasteiger partial charge in [0.15, 0.2) is 0 Å². The Hall–Kier alpha value is -0.0500. The van der Waals surface area contributed by atoms with E-state index in [0.717, 1.165) is 37.6 Å². The summed E-state index contributed by atoms with van der Waals surface area (Å²) in [5.41, 5.74) is 0. The Bertz CT molecular complexity index is 282. The highest BCUT2D eigenvalue weighted by Crippen LogP contribution is 2.42. The van der Waals surface area contributed by atoms with Crippen LogP contribution in [0.15, 0.2) is 0 Å². The minimum atomic E-state index is 0.293. The second kappa shape index (κ2) is 6.93. The number of alkyl halides is 1. The molecule has 0 spiro atoms. The highest BCUT2D eigenvalue weighted by Gasteiger charge is 2.34. The van der Waals surface area contributed by atoms with Crippen molar-refractivity contribution in [2.75, 3.05) is 6.54 Å². The third-order valence-corrected chi connectivity index (χ3v) is 5.82. The molecule has 3 heteroatoms. The minimum Gasteiger partial charge on any atom is -0.355 e. The van der Waals surface area contributed by atoms with Gasteiger partial charge in [0.05, 0.1) is 0 Å². The Labute approximate surface area is 119 Å². The minimum absolute atomic E-state index is 0.293. The lowest BCUT2D eigenvalue weighted by atomic mass is 9.67. The lowest BCUT2D eigenvalue weighted by Crippen LogP contribution is -2.39. The van der Waals surface area contributed by atoms with Crippen molar-refractivity contribution in [2.24, 2.45) is 17.8 Å². The van der Waals surface area contributed by atoms with Gasteiger partial charge in [0, 0.05) is 17.3 Å². The molecule has 2 aliphatic carbocycles. The summed E-state index contributed by atoms with van der Waals surface area (Å²) in [4.78, 5) is 12.6. The molecule has 0 saturated heterocycles. The van der Waals surface area contributed by atoms with Gasteiger partial charge in [-0.25, -0.2) is 0 Å². The topological polar surface area (TPSA) is 29.1 Å². The fourth-order valence-corrected chi connectivity index (χ4v) is 3.77.